The summed E-state index contributed by atoms with van der Waals surface area (Å²) in [6.45, 7) is -0.164. The summed E-state index contributed by atoms with van der Waals surface area (Å²) >= 11 is 0. The molecule has 6 nitrogen and oxygen atoms in total. The van der Waals surface area contributed by atoms with Gasteiger partial charge in [0.2, 0.25) is 0 Å². The van der Waals surface area contributed by atoms with Gasteiger partial charge in [-0.25, -0.2) is 4.79 Å². The molecule has 2 amide bonds. The molecule has 0 spiro atoms. The van der Waals surface area contributed by atoms with E-state index >= 15 is 0 Å². The zero-order valence-corrected chi connectivity index (χ0v) is 12.0. The number of imide groups is 1. The average Bonchev–Trinajstić information content (AvgIpc) is 2.52. The Morgan fingerprint density at radius 2 is 1.83 bits per heavy atom. The molecule has 0 atom stereocenters. The van der Waals surface area contributed by atoms with Crippen molar-refractivity contribution in [1.82, 2.24) is 5.32 Å². The molecule has 24 heavy (non-hydrogen) atoms. The molecule has 0 aliphatic heterocycles. The lowest BCUT2D eigenvalue weighted by molar-refractivity contribution is -0.605. The van der Waals surface area contributed by atoms with E-state index in [-0.39, 0.29) is 11.3 Å². The first kappa shape index (κ1) is 17.3. The van der Waals surface area contributed by atoms with Crippen molar-refractivity contribution in [3.63, 3.8) is 0 Å². The molecular weight excluding hydrogens is 329 g/mol. The third-order valence-electron chi connectivity index (χ3n) is 2.91. The number of benzene rings is 1. The number of pyridine rings is 1. The van der Waals surface area contributed by atoms with E-state index in [1.165, 1.54) is 0 Å². The van der Waals surface area contributed by atoms with Crippen molar-refractivity contribution >= 4 is 12.0 Å². The van der Waals surface area contributed by atoms with Crippen molar-refractivity contribution in [1.29, 1.82) is 0 Å². The molecule has 0 aliphatic carbocycles. The topological polar surface area (TPSA) is 82.3 Å². The average molecular weight is 340 g/mol. The van der Waals surface area contributed by atoms with Crippen LogP contribution >= 0.6 is 0 Å². The second-order valence-corrected chi connectivity index (χ2v) is 4.65. The Morgan fingerprint density at radius 1 is 1.17 bits per heavy atom. The summed E-state index contributed by atoms with van der Waals surface area (Å²) in [6, 6.07) is 8.93. The Kier molecular flexibility index (Phi) is 5.02. The highest BCUT2D eigenvalue weighted by Crippen LogP contribution is 2.31. The number of halogens is 3. The second kappa shape index (κ2) is 6.99. The number of carbonyl (C=O) groups is 2. The van der Waals surface area contributed by atoms with Crippen molar-refractivity contribution in [2.24, 2.45) is 0 Å². The number of hydrogen-bond donors (Lipinski definition) is 1. The minimum Gasteiger partial charge on any atom is -0.619 e. The van der Waals surface area contributed by atoms with Gasteiger partial charge in [0.1, 0.15) is 12.2 Å². The zero-order chi connectivity index (χ0) is 17.7. The molecule has 0 fully saturated rings. The van der Waals surface area contributed by atoms with Gasteiger partial charge in [-0.05, 0) is 5.56 Å². The van der Waals surface area contributed by atoms with Gasteiger partial charge in [-0.2, -0.15) is 17.9 Å². The predicted octanol–water partition coefficient (Wildman–Crippen LogP) is 2.41. The molecular formula is C15H11F3N2O4. The lowest BCUT2D eigenvalue weighted by Crippen LogP contribution is -2.36. The zero-order valence-electron chi connectivity index (χ0n) is 12.0. The Hall–Kier alpha value is -3.10. The Bertz CT molecular complexity index is 748. The number of carbonyl (C=O) groups excluding carboxylic acids is 2. The van der Waals surface area contributed by atoms with Gasteiger partial charge in [0, 0.05) is 6.07 Å². The number of nitrogens with zero attached hydrogens (tertiary/aromatic N) is 1. The lowest BCUT2D eigenvalue weighted by Gasteiger charge is -2.11. The molecule has 1 aromatic carbocycles. The van der Waals surface area contributed by atoms with E-state index in [0.29, 0.717) is 24.0 Å². The smallest absolute Gasteiger partial charge is 0.417 e. The summed E-state index contributed by atoms with van der Waals surface area (Å²) in [5, 5.41) is 12.8. The maximum atomic E-state index is 12.8. The van der Waals surface area contributed by atoms with Crippen LogP contribution in [0.1, 0.15) is 21.5 Å². The molecule has 0 saturated carbocycles. The van der Waals surface area contributed by atoms with Crippen LogP contribution in [-0.4, -0.2) is 12.0 Å². The fraction of sp³-hybridized carbons (Fsp3) is 0.133. The van der Waals surface area contributed by atoms with E-state index in [0.717, 1.165) is 0 Å². The Morgan fingerprint density at radius 3 is 2.46 bits per heavy atom. The van der Waals surface area contributed by atoms with E-state index in [1.54, 1.807) is 35.6 Å². The summed E-state index contributed by atoms with van der Waals surface area (Å²) in [6.07, 6.45) is -5.04. The van der Waals surface area contributed by atoms with Gasteiger partial charge in [-0.15, -0.1) is 0 Å². The van der Waals surface area contributed by atoms with Gasteiger partial charge < -0.3 is 9.94 Å². The SMILES string of the molecule is O=C(NC(=O)c1c[n+]([O-])ccc1C(F)(F)F)OCc1ccccc1. The van der Waals surface area contributed by atoms with Crippen LogP contribution < -0.4 is 10.0 Å². The van der Waals surface area contributed by atoms with E-state index in [4.69, 9.17) is 4.74 Å². The molecule has 126 valence electrons. The van der Waals surface area contributed by atoms with Crippen LogP contribution in [0.25, 0.3) is 0 Å². The van der Waals surface area contributed by atoms with E-state index in [2.05, 4.69) is 0 Å². The third kappa shape index (κ3) is 4.45. The van der Waals surface area contributed by atoms with Crippen molar-refractivity contribution in [2.75, 3.05) is 0 Å². The van der Waals surface area contributed by atoms with Crippen LogP contribution in [0.3, 0.4) is 0 Å². The first-order valence-corrected chi connectivity index (χ1v) is 6.59. The minimum atomic E-state index is -4.85. The fourth-order valence-corrected chi connectivity index (χ4v) is 1.82. The molecule has 0 radical (unpaired) electrons. The molecule has 2 aromatic rings. The highest BCUT2D eigenvalue weighted by Gasteiger charge is 2.37. The van der Waals surface area contributed by atoms with E-state index in [1.807, 2.05) is 0 Å². The van der Waals surface area contributed by atoms with Crippen LogP contribution in [0.2, 0.25) is 0 Å². The van der Waals surface area contributed by atoms with Crippen molar-refractivity contribution < 1.29 is 32.2 Å². The largest absolute Gasteiger partial charge is 0.619 e. The third-order valence-corrected chi connectivity index (χ3v) is 2.91. The maximum Gasteiger partial charge on any atom is 0.417 e. The fourth-order valence-electron chi connectivity index (χ4n) is 1.82. The number of nitrogens with one attached hydrogen (secondary N) is 1. The van der Waals surface area contributed by atoms with Crippen molar-refractivity contribution in [3.05, 3.63) is 70.7 Å². The van der Waals surface area contributed by atoms with Gasteiger partial charge in [0.05, 0.1) is 5.56 Å². The molecule has 0 unspecified atom stereocenters. The van der Waals surface area contributed by atoms with Gasteiger partial charge in [0.15, 0.2) is 12.4 Å². The van der Waals surface area contributed by atoms with Crippen LogP contribution in [0.4, 0.5) is 18.0 Å². The van der Waals surface area contributed by atoms with Gasteiger partial charge in [0.25, 0.3) is 5.91 Å². The summed E-state index contributed by atoms with van der Waals surface area (Å²) in [5.74, 6) is -1.38. The van der Waals surface area contributed by atoms with Crippen LogP contribution in [0, 0.1) is 5.21 Å². The number of ether oxygens (including phenoxy) is 1. The van der Waals surface area contributed by atoms with Crippen molar-refractivity contribution in [3.8, 4) is 0 Å². The molecule has 1 N–H and O–H groups in total. The van der Waals surface area contributed by atoms with Crippen LogP contribution in [0.15, 0.2) is 48.8 Å². The number of hydrogen-bond acceptors (Lipinski definition) is 4. The van der Waals surface area contributed by atoms with Crippen LogP contribution in [0.5, 0.6) is 0 Å². The highest BCUT2D eigenvalue weighted by atomic mass is 19.4. The minimum absolute atomic E-state index is 0.0272. The Labute approximate surface area is 134 Å². The second-order valence-electron chi connectivity index (χ2n) is 4.65. The summed E-state index contributed by atoms with van der Waals surface area (Å²) in [4.78, 5) is 23.3. The molecule has 9 heteroatoms. The highest BCUT2D eigenvalue weighted by molar-refractivity contribution is 6.03. The van der Waals surface area contributed by atoms with E-state index < -0.39 is 29.3 Å². The van der Waals surface area contributed by atoms with Gasteiger partial charge in [-0.3, -0.25) is 10.1 Å². The van der Waals surface area contributed by atoms with E-state index in [9.17, 15) is 28.0 Å². The number of amides is 2. The van der Waals surface area contributed by atoms with Gasteiger partial charge >= 0.3 is 12.3 Å². The molecule has 0 aliphatic rings. The van der Waals surface area contributed by atoms with Crippen molar-refractivity contribution in [2.45, 2.75) is 12.8 Å². The molecule has 0 bridgehead atoms. The summed E-state index contributed by atoms with van der Waals surface area (Å²) < 4.78 is 43.3. The molecule has 1 aromatic heterocycles. The lowest BCUT2D eigenvalue weighted by atomic mass is 10.1. The standard InChI is InChI=1S/C15H11F3N2O4/c16-15(17,18)12-6-7-20(23)8-11(12)13(21)19-14(22)24-9-10-4-2-1-3-5-10/h1-8H,9H2,(H,19,21,22). The Balaban J connectivity index is 2.07. The quantitative estimate of drug-likeness (QED) is 0.687. The normalized spacial score (nSPS) is 11.0. The summed E-state index contributed by atoms with van der Waals surface area (Å²) in [5.41, 5.74) is -1.67. The molecule has 0 saturated heterocycles. The maximum absolute atomic E-state index is 12.8. The first-order chi connectivity index (χ1) is 11.3. The summed E-state index contributed by atoms with van der Waals surface area (Å²) in [7, 11) is 0. The molecule has 1 heterocycles. The number of rotatable bonds is 3. The number of alkyl carbamates (subject to hydrolysis) is 1. The number of alkyl halides is 3. The van der Waals surface area contributed by atoms with Crippen LogP contribution in [-0.2, 0) is 17.5 Å². The van der Waals surface area contributed by atoms with Gasteiger partial charge in [-0.1, -0.05) is 30.3 Å². The monoisotopic (exact) mass is 340 g/mol. The number of aromatic nitrogens is 1. The first-order valence-electron chi connectivity index (χ1n) is 6.59. The predicted molar refractivity (Wildman–Crippen MR) is 74.5 cm³/mol. The molecule has 2 rings (SSSR count).